The molecule has 1 unspecified atom stereocenters. The van der Waals surface area contributed by atoms with E-state index in [1.165, 1.54) is 12.0 Å². The van der Waals surface area contributed by atoms with Crippen molar-refractivity contribution in [1.29, 1.82) is 0 Å². The molecule has 1 atom stereocenters. The highest BCUT2D eigenvalue weighted by Crippen LogP contribution is 2.30. The lowest BCUT2D eigenvalue weighted by Crippen LogP contribution is -2.48. The predicted molar refractivity (Wildman–Crippen MR) is 100 cm³/mol. The zero-order chi connectivity index (χ0) is 18.4. The van der Waals surface area contributed by atoms with Crippen LogP contribution in [0, 0.1) is 5.92 Å². The molecule has 0 spiro atoms. The highest BCUT2D eigenvalue weighted by atomic mass is 16.2. The largest absolute Gasteiger partial charge is 0.359 e. The molecule has 142 valence electrons. The number of hydrogen-bond acceptors (Lipinski definition) is 3. The number of likely N-dealkylation sites (tertiary alicyclic amines) is 1. The van der Waals surface area contributed by atoms with E-state index in [4.69, 9.17) is 0 Å². The second kappa shape index (κ2) is 9.01. The van der Waals surface area contributed by atoms with Gasteiger partial charge in [0.2, 0.25) is 5.91 Å². The van der Waals surface area contributed by atoms with Gasteiger partial charge in [-0.1, -0.05) is 12.8 Å². The summed E-state index contributed by atoms with van der Waals surface area (Å²) in [5.74, 6) is 0.218. The average Bonchev–Trinajstić information content (AvgIpc) is 2.95. The smallest absolute Gasteiger partial charge is 0.318 e. The summed E-state index contributed by atoms with van der Waals surface area (Å²) in [5.41, 5.74) is 1.17. The first kappa shape index (κ1) is 18.7. The Morgan fingerprint density at radius 1 is 1.04 bits per heavy atom. The van der Waals surface area contributed by atoms with E-state index in [0.717, 1.165) is 51.5 Å². The van der Waals surface area contributed by atoms with Crippen LogP contribution >= 0.6 is 0 Å². The fraction of sp³-hybridized carbons (Fsp3) is 0.650. The van der Waals surface area contributed by atoms with Crippen LogP contribution < -0.4 is 10.6 Å². The third kappa shape index (κ3) is 4.54. The van der Waals surface area contributed by atoms with E-state index in [9.17, 15) is 9.59 Å². The zero-order valence-corrected chi connectivity index (χ0v) is 15.6. The van der Waals surface area contributed by atoms with Gasteiger partial charge in [-0.3, -0.25) is 9.78 Å². The first-order valence-electron chi connectivity index (χ1n) is 9.87. The van der Waals surface area contributed by atoms with Crippen molar-refractivity contribution >= 4 is 11.9 Å². The molecule has 3 rings (SSSR count). The highest BCUT2D eigenvalue weighted by molar-refractivity contribution is 5.78. The Morgan fingerprint density at radius 3 is 2.46 bits per heavy atom. The second-order valence-electron chi connectivity index (χ2n) is 7.45. The lowest BCUT2D eigenvalue weighted by Gasteiger charge is -2.34. The fourth-order valence-electron chi connectivity index (χ4n) is 4.25. The Labute approximate surface area is 155 Å². The Balaban J connectivity index is 1.61. The number of nitrogens with one attached hydrogen (secondary N) is 2. The summed E-state index contributed by atoms with van der Waals surface area (Å²) in [7, 11) is 1.69. The molecule has 1 saturated heterocycles. The molecule has 1 aliphatic carbocycles. The highest BCUT2D eigenvalue weighted by Gasteiger charge is 2.30. The van der Waals surface area contributed by atoms with Crippen molar-refractivity contribution in [3.63, 3.8) is 0 Å². The molecule has 2 aliphatic rings. The van der Waals surface area contributed by atoms with Gasteiger partial charge in [-0.15, -0.1) is 0 Å². The quantitative estimate of drug-likeness (QED) is 0.872. The maximum Gasteiger partial charge on any atom is 0.318 e. The molecule has 0 radical (unpaired) electrons. The van der Waals surface area contributed by atoms with Crippen LogP contribution in [0.15, 0.2) is 24.5 Å². The van der Waals surface area contributed by atoms with Crippen molar-refractivity contribution in [3.05, 3.63) is 30.1 Å². The van der Waals surface area contributed by atoms with Gasteiger partial charge in [0.1, 0.15) is 0 Å². The summed E-state index contributed by atoms with van der Waals surface area (Å²) >= 11 is 0. The van der Waals surface area contributed by atoms with Crippen molar-refractivity contribution in [2.24, 2.45) is 5.92 Å². The summed E-state index contributed by atoms with van der Waals surface area (Å²) in [6.45, 7) is 0.798. The van der Waals surface area contributed by atoms with Crippen LogP contribution in [0.2, 0.25) is 0 Å². The second-order valence-corrected chi connectivity index (χ2v) is 7.45. The zero-order valence-electron chi connectivity index (χ0n) is 15.6. The van der Waals surface area contributed by atoms with Gasteiger partial charge in [0, 0.05) is 37.9 Å². The number of amides is 3. The summed E-state index contributed by atoms with van der Waals surface area (Å²) in [6, 6.07) is 4.37. The maximum atomic E-state index is 13.0. The normalized spacial score (nSPS) is 26.7. The third-order valence-electron chi connectivity index (χ3n) is 5.78. The minimum absolute atomic E-state index is 0.0390. The molecule has 3 amide bonds. The van der Waals surface area contributed by atoms with Crippen LogP contribution in [0.3, 0.4) is 0 Å². The van der Waals surface area contributed by atoms with Crippen molar-refractivity contribution in [3.8, 4) is 0 Å². The molecule has 2 N–H and O–H groups in total. The number of carbonyl (C=O) groups excluding carboxylic acids is 2. The molecular formula is C20H30N4O2. The topological polar surface area (TPSA) is 74.3 Å². The molecule has 2 heterocycles. The van der Waals surface area contributed by atoms with Gasteiger partial charge in [0.15, 0.2) is 0 Å². The number of nitrogens with zero attached hydrogens (tertiary/aromatic N) is 2. The fourth-order valence-corrected chi connectivity index (χ4v) is 4.25. The number of carbonyl (C=O) groups is 2. The number of aromatic nitrogens is 1. The van der Waals surface area contributed by atoms with E-state index in [0.29, 0.717) is 0 Å². The first-order valence-corrected chi connectivity index (χ1v) is 9.87. The van der Waals surface area contributed by atoms with Gasteiger partial charge < -0.3 is 15.5 Å². The Morgan fingerprint density at radius 2 is 1.77 bits per heavy atom. The van der Waals surface area contributed by atoms with Gasteiger partial charge in [-0.05, 0) is 56.2 Å². The molecular weight excluding hydrogens is 328 g/mol. The van der Waals surface area contributed by atoms with Crippen LogP contribution in [-0.2, 0) is 4.79 Å². The number of hydrogen-bond donors (Lipinski definition) is 2. The first-order chi connectivity index (χ1) is 12.7. The Kier molecular flexibility index (Phi) is 6.47. The van der Waals surface area contributed by atoms with Crippen molar-refractivity contribution in [2.75, 3.05) is 13.6 Å². The number of urea groups is 1. The van der Waals surface area contributed by atoms with Gasteiger partial charge in [0.25, 0.3) is 0 Å². The molecule has 1 aliphatic heterocycles. The van der Waals surface area contributed by atoms with Gasteiger partial charge in [-0.2, -0.15) is 0 Å². The molecule has 1 saturated carbocycles. The molecule has 6 nitrogen and oxygen atoms in total. The predicted octanol–water partition coefficient (Wildman–Crippen LogP) is 3.01. The Bertz CT molecular complexity index is 599. The van der Waals surface area contributed by atoms with E-state index < -0.39 is 0 Å². The van der Waals surface area contributed by atoms with Crippen LogP contribution in [-0.4, -0.2) is 41.5 Å². The lowest BCUT2D eigenvalue weighted by atomic mass is 9.85. The average molecular weight is 358 g/mol. The summed E-state index contributed by atoms with van der Waals surface area (Å²) in [4.78, 5) is 30.9. The van der Waals surface area contributed by atoms with Crippen LogP contribution in [0.1, 0.15) is 63.0 Å². The van der Waals surface area contributed by atoms with Gasteiger partial charge in [0.05, 0.1) is 6.04 Å². The van der Waals surface area contributed by atoms with E-state index in [1.807, 2.05) is 17.0 Å². The summed E-state index contributed by atoms with van der Waals surface area (Å²) in [6.07, 6.45) is 11.4. The van der Waals surface area contributed by atoms with Crippen LogP contribution in [0.5, 0.6) is 0 Å². The van der Waals surface area contributed by atoms with Crippen molar-refractivity contribution < 1.29 is 9.59 Å². The Hall–Kier alpha value is -2.11. The minimum atomic E-state index is 0.0390. The van der Waals surface area contributed by atoms with E-state index >= 15 is 0 Å². The van der Waals surface area contributed by atoms with E-state index in [2.05, 4.69) is 15.6 Å². The maximum absolute atomic E-state index is 13.0. The summed E-state index contributed by atoms with van der Waals surface area (Å²) < 4.78 is 0. The van der Waals surface area contributed by atoms with Crippen molar-refractivity contribution in [1.82, 2.24) is 20.5 Å². The molecule has 1 aromatic rings. The monoisotopic (exact) mass is 358 g/mol. The number of pyridine rings is 1. The van der Waals surface area contributed by atoms with E-state index in [-0.39, 0.29) is 29.9 Å². The van der Waals surface area contributed by atoms with Crippen molar-refractivity contribution in [2.45, 2.75) is 63.5 Å². The van der Waals surface area contributed by atoms with E-state index in [1.54, 1.807) is 19.4 Å². The number of rotatable bonds is 3. The standard InChI is InChI=1S/C20H30N4O2/c1-21-19(25)16-6-8-17(9-7-16)23-20(26)24-14-4-2-3-5-18(24)15-10-12-22-13-11-15/h10-13,16-18H,2-9,14H2,1H3,(H,21,25)(H,23,26). The molecule has 1 aromatic heterocycles. The van der Waals surface area contributed by atoms with Gasteiger partial charge in [-0.25, -0.2) is 4.79 Å². The SMILES string of the molecule is CNC(=O)C1CCC(NC(=O)N2CCCCCC2c2ccncc2)CC1. The molecule has 6 heteroatoms. The van der Waals surface area contributed by atoms with Gasteiger partial charge >= 0.3 is 6.03 Å². The van der Waals surface area contributed by atoms with Crippen LogP contribution in [0.4, 0.5) is 4.79 Å². The minimum Gasteiger partial charge on any atom is -0.359 e. The summed E-state index contributed by atoms with van der Waals surface area (Å²) in [5, 5.41) is 5.97. The molecule has 26 heavy (non-hydrogen) atoms. The molecule has 2 fully saturated rings. The molecule has 0 bridgehead atoms. The molecule has 0 aromatic carbocycles. The lowest BCUT2D eigenvalue weighted by molar-refractivity contribution is -0.125. The van der Waals surface area contributed by atoms with Crippen LogP contribution in [0.25, 0.3) is 0 Å². The third-order valence-corrected chi connectivity index (χ3v) is 5.78.